The summed E-state index contributed by atoms with van der Waals surface area (Å²) in [6, 6.07) is 64.1. The van der Waals surface area contributed by atoms with E-state index in [-0.39, 0.29) is 0 Å². The summed E-state index contributed by atoms with van der Waals surface area (Å²) in [6.45, 7) is 0. The first-order valence-electron chi connectivity index (χ1n) is 18.6. The van der Waals surface area contributed by atoms with Gasteiger partial charge in [-0.15, -0.1) is 0 Å². The third kappa shape index (κ3) is 4.35. The first-order chi connectivity index (χ1) is 27.3. The summed E-state index contributed by atoms with van der Waals surface area (Å²) in [5, 5.41) is 8.02. The van der Waals surface area contributed by atoms with Crippen molar-refractivity contribution in [3.8, 4) is 34.0 Å². The van der Waals surface area contributed by atoms with Gasteiger partial charge >= 0.3 is 0 Å². The average molecular weight is 703 g/mol. The van der Waals surface area contributed by atoms with Crippen molar-refractivity contribution in [3.05, 3.63) is 182 Å². The van der Waals surface area contributed by atoms with E-state index in [0.717, 1.165) is 83.1 Å². The molecule has 0 spiro atoms. The van der Waals surface area contributed by atoms with E-state index < -0.39 is 0 Å². The maximum absolute atomic E-state index is 6.46. The third-order valence-corrected chi connectivity index (χ3v) is 11.1. The summed E-state index contributed by atoms with van der Waals surface area (Å²) in [5.74, 6) is 0.693. The zero-order chi connectivity index (χ0) is 36.0. The smallest absolute Gasteiger partial charge is 0.160 e. The lowest BCUT2D eigenvalue weighted by atomic mass is 10.1. The van der Waals surface area contributed by atoms with Crippen LogP contribution in [0.1, 0.15) is 0 Å². The largest absolute Gasteiger partial charge is 0.456 e. The number of hydrogen-bond acceptors (Lipinski definition) is 3. The van der Waals surface area contributed by atoms with Crippen LogP contribution in [0.4, 0.5) is 0 Å². The van der Waals surface area contributed by atoms with Crippen LogP contribution in [0.15, 0.2) is 186 Å². The van der Waals surface area contributed by atoms with E-state index in [0.29, 0.717) is 5.82 Å². The van der Waals surface area contributed by atoms with Crippen LogP contribution in [-0.4, -0.2) is 19.1 Å². The van der Waals surface area contributed by atoms with Crippen LogP contribution < -0.4 is 0 Å². The topological polar surface area (TPSA) is 48.8 Å². The van der Waals surface area contributed by atoms with Gasteiger partial charge in [0.1, 0.15) is 11.2 Å². The van der Waals surface area contributed by atoms with Crippen molar-refractivity contribution in [1.29, 1.82) is 0 Å². The van der Waals surface area contributed by atoms with Crippen LogP contribution >= 0.6 is 0 Å². The van der Waals surface area contributed by atoms with Crippen LogP contribution in [0.3, 0.4) is 0 Å². The second kappa shape index (κ2) is 11.5. The van der Waals surface area contributed by atoms with Crippen LogP contribution in [0.2, 0.25) is 0 Å². The van der Waals surface area contributed by atoms with Gasteiger partial charge in [0.05, 0.1) is 38.7 Å². The molecule has 0 fully saturated rings. The van der Waals surface area contributed by atoms with Gasteiger partial charge in [-0.1, -0.05) is 127 Å². The molecule has 0 saturated heterocycles. The summed E-state index contributed by atoms with van der Waals surface area (Å²) in [5.41, 5.74) is 12.3. The highest BCUT2D eigenvalue weighted by molar-refractivity contribution is 6.29. The van der Waals surface area contributed by atoms with Crippen molar-refractivity contribution in [3.63, 3.8) is 0 Å². The van der Waals surface area contributed by atoms with Gasteiger partial charge in [0.25, 0.3) is 0 Å². The zero-order valence-electron chi connectivity index (χ0n) is 29.5. The fraction of sp³-hybridized carbons (Fsp3) is 0. The van der Waals surface area contributed by atoms with Gasteiger partial charge < -0.3 is 13.6 Å². The van der Waals surface area contributed by atoms with E-state index in [9.17, 15) is 0 Å². The molecule has 0 aliphatic carbocycles. The van der Waals surface area contributed by atoms with Crippen LogP contribution in [-0.2, 0) is 0 Å². The Morgan fingerprint density at radius 1 is 0.382 bits per heavy atom. The minimum Gasteiger partial charge on any atom is -0.456 e. The average Bonchev–Trinajstić information content (AvgIpc) is 3.91. The first kappa shape index (κ1) is 30.0. The molecule has 0 aliphatic heterocycles. The third-order valence-electron chi connectivity index (χ3n) is 11.1. The Balaban J connectivity index is 1.20. The van der Waals surface area contributed by atoms with Crippen molar-refractivity contribution in [2.24, 2.45) is 0 Å². The van der Waals surface area contributed by atoms with Crippen molar-refractivity contribution >= 4 is 76.5 Å². The molecule has 4 heterocycles. The number of aromatic nitrogens is 4. The quantitative estimate of drug-likeness (QED) is 0.183. The normalized spacial score (nSPS) is 12.0. The highest BCUT2D eigenvalue weighted by atomic mass is 16.3. The SMILES string of the molecule is c1ccc(-c2nc(-c3cccc(-n4c5ccccc5c5ccc6c7ccc8oc9ccccc9c8c7n(-c7ccccc7)c6c54)c3)nc3ccccc23)cc1. The Bertz CT molecular complexity index is 3480. The number of benzene rings is 8. The maximum Gasteiger partial charge on any atom is 0.160 e. The first-order valence-corrected chi connectivity index (χ1v) is 18.6. The summed E-state index contributed by atoms with van der Waals surface area (Å²) in [7, 11) is 0. The van der Waals surface area contributed by atoms with Gasteiger partial charge in [0, 0.05) is 54.8 Å². The fourth-order valence-corrected chi connectivity index (χ4v) is 8.75. The number of para-hydroxylation sites is 4. The van der Waals surface area contributed by atoms with E-state index in [1.54, 1.807) is 0 Å². The van der Waals surface area contributed by atoms with Crippen molar-refractivity contribution < 1.29 is 4.42 Å². The molecule has 8 aromatic carbocycles. The van der Waals surface area contributed by atoms with Crippen molar-refractivity contribution in [2.75, 3.05) is 0 Å². The Labute approximate surface area is 315 Å². The standard InChI is InChI=1S/C50H30N4O/c1-3-14-31(15-4-1)46-39-21-7-10-23-41(39)51-50(52-46)32-16-13-19-34(30-32)53-42-24-11-8-20-35(42)36-26-27-38-37-28-29-44-45(40-22-9-12-25-43(40)55-44)47(37)54(49(38)48(36)53)33-17-5-2-6-18-33/h1-30H. The number of hydrogen-bond donors (Lipinski definition) is 0. The summed E-state index contributed by atoms with van der Waals surface area (Å²) < 4.78 is 11.3. The van der Waals surface area contributed by atoms with Gasteiger partial charge in [-0.25, -0.2) is 9.97 Å². The Kier molecular flexibility index (Phi) is 6.27. The van der Waals surface area contributed by atoms with Gasteiger partial charge in [0.15, 0.2) is 5.82 Å². The van der Waals surface area contributed by atoms with E-state index in [4.69, 9.17) is 14.4 Å². The lowest BCUT2D eigenvalue weighted by Crippen LogP contribution is -2.00. The minimum atomic E-state index is 0.693. The number of fused-ring (bicyclic) bond motifs is 12. The second-order valence-electron chi connectivity index (χ2n) is 14.1. The predicted molar refractivity (Wildman–Crippen MR) is 226 cm³/mol. The monoisotopic (exact) mass is 702 g/mol. The van der Waals surface area contributed by atoms with Crippen molar-refractivity contribution in [2.45, 2.75) is 0 Å². The van der Waals surface area contributed by atoms with Crippen molar-refractivity contribution in [1.82, 2.24) is 19.1 Å². The number of rotatable bonds is 4. The van der Waals surface area contributed by atoms with Gasteiger partial charge in [0.2, 0.25) is 0 Å². The molecule has 5 heteroatoms. The molecule has 0 atom stereocenters. The van der Waals surface area contributed by atoms with E-state index in [1.807, 2.05) is 18.2 Å². The molecule has 0 radical (unpaired) electrons. The Hall–Kier alpha value is -7.50. The minimum absolute atomic E-state index is 0.693. The lowest BCUT2D eigenvalue weighted by Gasteiger charge is -2.14. The second-order valence-corrected chi connectivity index (χ2v) is 14.1. The molecule has 0 amide bonds. The van der Waals surface area contributed by atoms with Gasteiger partial charge in [-0.3, -0.25) is 0 Å². The van der Waals surface area contributed by atoms with Crippen LogP contribution in [0, 0.1) is 0 Å². The zero-order valence-corrected chi connectivity index (χ0v) is 29.5. The van der Waals surface area contributed by atoms with E-state index >= 15 is 0 Å². The molecule has 12 rings (SSSR count). The van der Waals surface area contributed by atoms with Gasteiger partial charge in [-0.2, -0.15) is 0 Å². The highest BCUT2D eigenvalue weighted by Crippen LogP contribution is 2.45. The molecular weight excluding hydrogens is 673 g/mol. The Morgan fingerprint density at radius 2 is 1.00 bits per heavy atom. The molecule has 0 unspecified atom stereocenters. The highest BCUT2D eigenvalue weighted by Gasteiger charge is 2.24. The number of nitrogens with zero attached hydrogens (tertiary/aromatic N) is 4. The fourth-order valence-electron chi connectivity index (χ4n) is 8.75. The lowest BCUT2D eigenvalue weighted by molar-refractivity contribution is 0.669. The maximum atomic E-state index is 6.46. The molecule has 0 N–H and O–H groups in total. The molecule has 0 aliphatic rings. The molecule has 256 valence electrons. The predicted octanol–water partition coefficient (Wildman–Crippen LogP) is 13.1. The summed E-state index contributed by atoms with van der Waals surface area (Å²) in [6.07, 6.45) is 0. The van der Waals surface area contributed by atoms with Gasteiger partial charge in [-0.05, 0) is 54.6 Å². The molecule has 55 heavy (non-hydrogen) atoms. The molecular formula is C50H30N4O. The molecule has 12 aromatic rings. The summed E-state index contributed by atoms with van der Waals surface area (Å²) in [4.78, 5) is 10.4. The molecule has 4 aromatic heterocycles. The van der Waals surface area contributed by atoms with E-state index in [1.165, 1.54) is 21.5 Å². The van der Waals surface area contributed by atoms with E-state index in [2.05, 4.69) is 173 Å². The van der Waals surface area contributed by atoms with Crippen LogP contribution in [0.5, 0.6) is 0 Å². The Morgan fingerprint density at radius 3 is 1.85 bits per heavy atom. The summed E-state index contributed by atoms with van der Waals surface area (Å²) >= 11 is 0. The number of furan rings is 1. The van der Waals surface area contributed by atoms with Crippen LogP contribution in [0.25, 0.3) is 110 Å². The molecule has 0 bridgehead atoms. The molecule has 5 nitrogen and oxygen atoms in total. The molecule has 0 saturated carbocycles.